The van der Waals surface area contributed by atoms with Crippen LogP contribution in [0, 0.1) is 0 Å². The molecule has 0 spiro atoms. The van der Waals surface area contributed by atoms with Crippen molar-refractivity contribution in [3.8, 4) is 0 Å². The Hall–Kier alpha value is -2.18. The number of ether oxygens (including phenoxy) is 1. The van der Waals surface area contributed by atoms with Crippen molar-refractivity contribution < 1.29 is 14.3 Å². The number of hydrogen-bond donors (Lipinski definition) is 0. The molecule has 0 aliphatic carbocycles. The van der Waals surface area contributed by atoms with Gasteiger partial charge >= 0.3 is 5.97 Å². The summed E-state index contributed by atoms with van der Waals surface area (Å²) in [5.74, 6) is -0.279. The van der Waals surface area contributed by atoms with Gasteiger partial charge in [-0.1, -0.05) is 18.2 Å². The molecule has 0 unspecified atom stereocenters. The van der Waals surface area contributed by atoms with E-state index in [9.17, 15) is 14.4 Å². The van der Waals surface area contributed by atoms with Crippen molar-refractivity contribution in [1.29, 1.82) is 0 Å². The second-order valence-corrected chi connectivity index (χ2v) is 9.31. The van der Waals surface area contributed by atoms with Gasteiger partial charge in [-0.05, 0) is 64.1 Å². The van der Waals surface area contributed by atoms with E-state index in [1.165, 1.54) is 0 Å². The lowest BCUT2D eigenvalue weighted by Gasteiger charge is -2.38. The summed E-state index contributed by atoms with van der Waals surface area (Å²) in [5, 5.41) is 0.864. The van der Waals surface area contributed by atoms with E-state index in [-0.39, 0.29) is 41.5 Å². The van der Waals surface area contributed by atoms with Crippen molar-refractivity contribution in [3.05, 3.63) is 46.2 Å². The predicted molar refractivity (Wildman–Crippen MR) is 128 cm³/mol. The lowest BCUT2D eigenvalue weighted by molar-refractivity contribution is -0.117. The molecule has 2 aromatic rings. The quantitative estimate of drug-likeness (QED) is 0.568. The summed E-state index contributed by atoms with van der Waals surface area (Å²) in [5.41, 5.74) is 0.655. The summed E-state index contributed by atoms with van der Waals surface area (Å²) in [7, 11) is 0. The van der Waals surface area contributed by atoms with Gasteiger partial charge in [-0.3, -0.25) is 9.69 Å². The molecular weight excluding hydrogens is 428 g/mol. The Kier molecular flexibility index (Phi) is 7.78. The molecule has 0 saturated carbocycles. The molecule has 32 heavy (non-hydrogen) atoms. The van der Waals surface area contributed by atoms with Gasteiger partial charge in [-0.25, -0.2) is 4.79 Å². The zero-order valence-corrected chi connectivity index (χ0v) is 19.9. The average Bonchev–Trinajstić information content (AvgIpc) is 2.95. The van der Waals surface area contributed by atoms with Crippen LogP contribution in [0.2, 0.25) is 0 Å². The Morgan fingerprint density at radius 3 is 2.41 bits per heavy atom. The largest absolute Gasteiger partial charge is 0.459 e. The predicted octanol–water partition coefficient (Wildman–Crippen LogP) is 4.53. The van der Waals surface area contributed by atoms with E-state index >= 15 is 0 Å². The summed E-state index contributed by atoms with van der Waals surface area (Å²) in [6.07, 6.45) is 5.16. The number of ketones is 1. The van der Waals surface area contributed by atoms with Crippen molar-refractivity contribution >= 4 is 35.1 Å². The third-order valence-corrected chi connectivity index (χ3v) is 6.74. The molecule has 1 aromatic carbocycles. The molecular formula is C25H33ClN2O4. The molecule has 4 rings (SSSR count). The maximum absolute atomic E-state index is 13.1. The highest BCUT2D eigenvalue weighted by Gasteiger charge is 2.41. The normalized spacial score (nSPS) is 22.7. The maximum Gasteiger partial charge on any atom is 0.344 e. The van der Waals surface area contributed by atoms with E-state index in [0.717, 1.165) is 49.6 Å². The molecule has 2 aliphatic heterocycles. The number of halogens is 1. The first-order valence-corrected chi connectivity index (χ1v) is 11.5. The van der Waals surface area contributed by atoms with Gasteiger partial charge in [0.25, 0.3) is 5.56 Å². The SMILES string of the molecule is CC(=O)CCCN1[C@@H]2CC[C@H]1C[C@@H](OC(=O)c1cc3ccccc3n(C(C)C)c1=O)C2.Cl. The monoisotopic (exact) mass is 460 g/mol. The molecule has 2 bridgehead atoms. The molecule has 2 aliphatic rings. The smallest absolute Gasteiger partial charge is 0.344 e. The minimum Gasteiger partial charge on any atom is -0.459 e. The zero-order valence-electron chi connectivity index (χ0n) is 19.1. The highest BCUT2D eigenvalue weighted by atomic mass is 35.5. The maximum atomic E-state index is 13.1. The van der Waals surface area contributed by atoms with Crippen LogP contribution < -0.4 is 5.56 Å². The van der Waals surface area contributed by atoms with Gasteiger partial charge in [0.2, 0.25) is 0 Å². The van der Waals surface area contributed by atoms with Crippen molar-refractivity contribution in [1.82, 2.24) is 9.47 Å². The molecule has 3 atom stereocenters. The fourth-order valence-electron chi connectivity index (χ4n) is 5.36. The lowest BCUT2D eigenvalue weighted by Crippen LogP contribution is -2.46. The molecule has 1 aromatic heterocycles. The van der Waals surface area contributed by atoms with Gasteiger partial charge in [-0.15, -0.1) is 12.4 Å². The number of esters is 1. The highest BCUT2D eigenvalue weighted by Crippen LogP contribution is 2.37. The van der Waals surface area contributed by atoms with Gasteiger partial charge in [0.15, 0.2) is 0 Å². The van der Waals surface area contributed by atoms with Crippen LogP contribution in [-0.4, -0.2) is 46.0 Å². The van der Waals surface area contributed by atoms with Crippen molar-refractivity contribution in [2.24, 2.45) is 0 Å². The summed E-state index contributed by atoms with van der Waals surface area (Å²) < 4.78 is 7.55. The van der Waals surface area contributed by atoms with Crippen molar-refractivity contribution in [2.75, 3.05) is 6.54 Å². The Bertz CT molecular complexity index is 1030. The molecule has 7 heteroatoms. The minimum absolute atomic E-state index is 0. The van der Waals surface area contributed by atoms with Gasteiger partial charge in [0, 0.05) is 37.4 Å². The third-order valence-electron chi connectivity index (χ3n) is 6.74. The van der Waals surface area contributed by atoms with Crippen molar-refractivity contribution in [3.63, 3.8) is 0 Å². The van der Waals surface area contributed by atoms with E-state index in [0.29, 0.717) is 18.5 Å². The topological polar surface area (TPSA) is 68.6 Å². The first-order valence-electron chi connectivity index (χ1n) is 11.5. The zero-order chi connectivity index (χ0) is 22.1. The number of pyridine rings is 1. The molecule has 174 valence electrons. The molecule has 0 N–H and O–H groups in total. The van der Waals surface area contributed by atoms with Gasteiger partial charge in [0.05, 0.1) is 5.52 Å². The van der Waals surface area contributed by atoms with Gasteiger partial charge in [0.1, 0.15) is 17.5 Å². The molecule has 0 amide bonds. The van der Waals surface area contributed by atoms with Crippen LogP contribution in [-0.2, 0) is 9.53 Å². The number of aromatic nitrogens is 1. The summed E-state index contributed by atoms with van der Waals surface area (Å²) in [6, 6.07) is 10.0. The average molecular weight is 461 g/mol. The first kappa shape index (κ1) is 24.5. The van der Waals surface area contributed by atoms with Crippen LogP contribution in [0.25, 0.3) is 10.9 Å². The number of carbonyl (C=O) groups is 2. The van der Waals surface area contributed by atoms with Crippen LogP contribution in [0.5, 0.6) is 0 Å². The van der Waals surface area contributed by atoms with E-state index in [4.69, 9.17) is 4.74 Å². The lowest BCUT2D eigenvalue weighted by atomic mass is 9.99. The second kappa shape index (κ2) is 10.2. The van der Waals surface area contributed by atoms with E-state index in [1.807, 2.05) is 38.1 Å². The third kappa shape index (κ3) is 4.91. The molecule has 3 heterocycles. The molecule has 0 radical (unpaired) electrons. The van der Waals surface area contributed by atoms with Crippen molar-refractivity contribution in [2.45, 2.75) is 83.5 Å². The fraction of sp³-hybridized carbons (Fsp3) is 0.560. The van der Waals surface area contributed by atoms with Crippen LogP contribution in [0.15, 0.2) is 35.1 Å². The summed E-state index contributed by atoms with van der Waals surface area (Å²) >= 11 is 0. The number of fused-ring (bicyclic) bond motifs is 3. The number of piperidine rings is 1. The molecule has 2 fully saturated rings. The fourth-order valence-corrected chi connectivity index (χ4v) is 5.36. The number of rotatable bonds is 7. The van der Waals surface area contributed by atoms with E-state index < -0.39 is 5.97 Å². The second-order valence-electron chi connectivity index (χ2n) is 9.31. The van der Waals surface area contributed by atoms with E-state index in [2.05, 4.69) is 4.90 Å². The van der Waals surface area contributed by atoms with Gasteiger partial charge in [-0.2, -0.15) is 0 Å². The van der Waals surface area contributed by atoms with Crippen LogP contribution in [0.1, 0.15) is 75.7 Å². The summed E-state index contributed by atoms with van der Waals surface area (Å²) in [6.45, 7) is 6.46. The number of carbonyl (C=O) groups excluding carboxylic acids is 2. The number of hydrogen-bond acceptors (Lipinski definition) is 5. The Balaban J connectivity index is 0.00000289. The van der Waals surface area contributed by atoms with Crippen LogP contribution in [0.3, 0.4) is 0 Å². The Morgan fingerprint density at radius 1 is 1.12 bits per heavy atom. The summed E-state index contributed by atoms with van der Waals surface area (Å²) in [4.78, 5) is 39.9. The molecule has 2 saturated heterocycles. The van der Waals surface area contributed by atoms with E-state index in [1.54, 1.807) is 17.6 Å². The number of Topliss-reactive ketones (excluding diaryl/α,β-unsaturated/α-hetero) is 1. The Labute approximate surface area is 195 Å². The molecule has 6 nitrogen and oxygen atoms in total. The highest BCUT2D eigenvalue weighted by molar-refractivity contribution is 5.94. The van der Waals surface area contributed by atoms with Crippen LogP contribution in [0.4, 0.5) is 0 Å². The number of benzene rings is 1. The van der Waals surface area contributed by atoms with Crippen LogP contribution >= 0.6 is 12.4 Å². The van der Waals surface area contributed by atoms with Gasteiger partial charge < -0.3 is 14.1 Å². The number of nitrogens with zero attached hydrogens (tertiary/aromatic N) is 2. The first-order chi connectivity index (χ1) is 14.8. The minimum atomic E-state index is -0.514. The number of para-hydroxylation sites is 1. The standard InChI is InChI=1S/C25H32N2O4.ClH/c1-16(2)27-23-9-5-4-8-18(23)13-22(24(27)29)25(30)31-21-14-19-10-11-20(15-21)26(19)12-6-7-17(3)28;/h4-5,8-9,13,16,19-21H,6-7,10-12,14-15H2,1-3H3;1H/t19-,20+,21+;. The Morgan fingerprint density at radius 2 is 1.78 bits per heavy atom.